The highest BCUT2D eigenvalue weighted by molar-refractivity contribution is 5.87. The molecule has 1 saturated heterocycles. The monoisotopic (exact) mass is 341 g/mol. The van der Waals surface area contributed by atoms with E-state index in [0.29, 0.717) is 0 Å². The molecule has 0 aromatic heterocycles. The summed E-state index contributed by atoms with van der Waals surface area (Å²) in [6.07, 6.45) is -0.930. The average molecular weight is 341 g/mol. The number of likely N-dealkylation sites (tertiary alicyclic amines) is 1. The highest BCUT2D eigenvalue weighted by Crippen LogP contribution is 2.40. The number of nitrogens with zero attached hydrogens (tertiary/aromatic N) is 1. The summed E-state index contributed by atoms with van der Waals surface area (Å²) in [5.74, 6) is -2.65. The van der Waals surface area contributed by atoms with E-state index in [0.717, 1.165) is 18.2 Å². The molecule has 2 rings (SSSR count). The maximum atomic E-state index is 13.5. The van der Waals surface area contributed by atoms with E-state index in [2.05, 4.69) is 0 Å². The number of rotatable bonds is 4. The van der Waals surface area contributed by atoms with Crippen LogP contribution in [0.2, 0.25) is 0 Å². The molecule has 1 N–H and O–H groups in total. The van der Waals surface area contributed by atoms with Gasteiger partial charge in [0, 0.05) is 6.07 Å². The molecule has 0 bridgehead atoms. The van der Waals surface area contributed by atoms with Crippen LogP contribution in [0.4, 0.5) is 8.78 Å². The Morgan fingerprint density at radius 2 is 1.92 bits per heavy atom. The maximum absolute atomic E-state index is 13.5. The summed E-state index contributed by atoms with van der Waals surface area (Å²) in [5.41, 5.74) is -0.908. The van der Waals surface area contributed by atoms with Crippen molar-refractivity contribution in [1.82, 2.24) is 4.90 Å². The molecule has 132 valence electrons. The Morgan fingerprint density at radius 1 is 1.33 bits per heavy atom. The third-order valence-corrected chi connectivity index (χ3v) is 4.34. The van der Waals surface area contributed by atoms with E-state index in [9.17, 15) is 23.5 Å². The van der Waals surface area contributed by atoms with E-state index in [1.807, 2.05) is 0 Å². The summed E-state index contributed by atoms with van der Waals surface area (Å²) in [5, 5.41) is 10.3. The van der Waals surface area contributed by atoms with Gasteiger partial charge in [-0.2, -0.15) is 0 Å². The lowest BCUT2D eigenvalue weighted by molar-refractivity contribution is -0.165. The number of amides is 1. The third kappa shape index (κ3) is 3.56. The minimum absolute atomic E-state index is 0.0705. The SMILES string of the molecule is CCOC(=O)CN1C(=O)C(C)(C)[C@@H](O)C[C@@H]1c1cc(F)cc(F)c1. The second-order valence-electron chi connectivity index (χ2n) is 6.43. The average Bonchev–Trinajstić information content (AvgIpc) is 2.47. The number of piperidine rings is 1. The van der Waals surface area contributed by atoms with Crippen molar-refractivity contribution in [3.63, 3.8) is 0 Å². The molecule has 1 aromatic rings. The fourth-order valence-corrected chi connectivity index (χ4v) is 2.90. The number of hydrogen-bond acceptors (Lipinski definition) is 4. The Kier molecular flexibility index (Phi) is 5.22. The molecule has 5 nitrogen and oxygen atoms in total. The largest absolute Gasteiger partial charge is 0.465 e. The first-order valence-electron chi connectivity index (χ1n) is 7.77. The van der Waals surface area contributed by atoms with Gasteiger partial charge in [0.25, 0.3) is 0 Å². The summed E-state index contributed by atoms with van der Waals surface area (Å²) < 4.78 is 32.0. The van der Waals surface area contributed by atoms with Gasteiger partial charge in [0.15, 0.2) is 0 Å². The smallest absolute Gasteiger partial charge is 0.325 e. The molecule has 7 heteroatoms. The van der Waals surface area contributed by atoms with Gasteiger partial charge >= 0.3 is 5.97 Å². The van der Waals surface area contributed by atoms with Gasteiger partial charge in [-0.25, -0.2) is 8.78 Å². The first kappa shape index (κ1) is 18.3. The molecule has 0 unspecified atom stereocenters. The van der Waals surface area contributed by atoms with Crippen LogP contribution in [-0.2, 0) is 14.3 Å². The Labute approximate surface area is 139 Å². The molecule has 2 atom stereocenters. The van der Waals surface area contributed by atoms with Crippen LogP contribution in [-0.4, -0.2) is 41.1 Å². The lowest BCUT2D eigenvalue weighted by Crippen LogP contribution is -2.55. The van der Waals surface area contributed by atoms with Crippen molar-refractivity contribution in [2.45, 2.75) is 39.3 Å². The molecule has 1 fully saturated rings. The quantitative estimate of drug-likeness (QED) is 0.853. The topological polar surface area (TPSA) is 66.8 Å². The zero-order valence-electron chi connectivity index (χ0n) is 13.9. The molecular formula is C17H21F2NO4. The van der Waals surface area contributed by atoms with E-state index in [1.54, 1.807) is 20.8 Å². The summed E-state index contributed by atoms with van der Waals surface area (Å²) in [4.78, 5) is 25.8. The number of aliphatic hydroxyl groups is 1. The van der Waals surface area contributed by atoms with Crippen LogP contribution in [0, 0.1) is 17.0 Å². The molecule has 1 aliphatic heterocycles. The molecule has 0 radical (unpaired) electrons. The third-order valence-electron chi connectivity index (χ3n) is 4.34. The number of hydrogen-bond donors (Lipinski definition) is 1. The van der Waals surface area contributed by atoms with Crippen molar-refractivity contribution in [2.24, 2.45) is 5.41 Å². The van der Waals surface area contributed by atoms with Gasteiger partial charge < -0.3 is 14.7 Å². The standard InChI is InChI=1S/C17H21F2NO4/c1-4-24-15(22)9-20-13(8-14(21)17(2,3)16(20)23)10-5-11(18)7-12(19)6-10/h5-7,13-14,21H,4,8-9H2,1-3H3/t13-,14+/m1/s1. The van der Waals surface area contributed by atoms with E-state index in [-0.39, 0.29) is 25.1 Å². The summed E-state index contributed by atoms with van der Waals surface area (Å²) >= 11 is 0. The molecule has 1 aliphatic rings. The van der Waals surface area contributed by atoms with Gasteiger partial charge in [0.05, 0.1) is 24.2 Å². The van der Waals surface area contributed by atoms with Gasteiger partial charge in [-0.1, -0.05) is 0 Å². The number of carbonyl (C=O) groups excluding carboxylic acids is 2. The van der Waals surface area contributed by atoms with Crippen molar-refractivity contribution in [3.05, 3.63) is 35.4 Å². The Morgan fingerprint density at radius 3 is 2.46 bits per heavy atom. The lowest BCUT2D eigenvalue weighted by atomic mass is 9.76. The highest BCUT2D eigenvalue weighted by Gasteiger charge is 2.48. The van der Waals surface area contributed by atoms with Crippen molar-refractivity contribution in [2.75, 3.05) is 13.2 Å². The van der Waals surface area contributed by atoms with E-state index in [1.165, 1.54) is 4.90 Å². The molecular weight excluding hydrogens is 320 g/mol. The Balaban J connectivity index is 2.41. The van der Waals surface area contributed by atoms with Crippen LogP contribution in [0.3, 0.4) is 0 Å². The van der Waals surface area contributed by atoms with E-state index in [4.69, 9.17) is 4.74 Å². The fraction of sp³-hybridized carbons (Fsp3) is 0.529. The Bertz CT molecular complexity index is 627. The summed E-state index contributed by atoms with van der Waals surface area (Å²) in [6.45, 7) is 4.60. The van der Waals surface area contributed by atoms with Gasteiger partial charge in [-0.05, 0) is 44.9 Å². The van der Waals surface area contributed by atoms with Crippen LogP contribution in [0.25, 0.3) is 0 Å². The van der Waals surface area contributed by atoms with Gasteiger partial charge in [-0.3, -0.25) is 9.59 Å². The zero-order valence-corrected chi connectivity index (χ0v) is 13.9. The lowest BCUT2D eigenvalue weighted by Gasteiger charge is -2.45. The Hall–Kier alpha value is -2.02. The molecule has 1 aromatic carbocycles. The normalized spacial score (nSPS) is 23.2. The predicted molar refractivity (Wildman–Crippen MR) is 81.8 cm³/mol. The van der Waals surface area contributed by atoms with Gasteiger partial charge in [-0.15, -0.1) is 0 Å². The predicted octanol–water partition coefficient (Wildman–Crippen LogP) is 2.19. The molecule has 0 saturated carbocycles. The molecule has 0 aliphatic carbocycles. The van der Waals surface area contributed by atoms with Crippen LogP contribution in [0.15, 0.2) is 18.2 Å². The van der Waals surface area contributed by atoms with Crippen LogP contribution >= 0.6 is 0 Å². The highest BCUT2D eigenvalue weighted by atomic mass is 19.1. The van der Waals surface area contributed by atoms with Crippen LogP contribution < -0.4 is 0 Å². The minimum Gasteiger partial charge on any atom is -0.465 e. The number of carbonyl (C=O) groups is 2. The van der Waals surface area contributed by atoms with Gasteiger partial charge in [0.1, 0.15) is 18.2 Å². The minimum atomic E-state index is -1.10. The van der Waals surface area contributed by atoms with Gasteiger partial charge in [0.2, 0.25) is 5.91 Å². The second kappa shape index (κ2) is 6.84. The molecule has 0 spiro atoms. The van der Waals surface area contributed by atoms with E-state index >= 15 is 0 Å². The fourth-order valence-electron chi connectivity index (χ4n) is 2.90. The van der Waals surface area contributed by atoms with E-state index < -0.39 is 41.1 Å². The number of ether oxygens (including phenoxy) is 1. The van der Waals surface area contributed by atoms with Crippen molar-refractivity contribution in [3.8, 4) is 0 Å². The summed E-state index contributed by atoms with van der Waals surface area (Å²) in [6, 6.07) is 2.12. The van der Waals surface area contributed by atoms with Crippen molar-refractivity contribution in [1.29, 1.82) is 0 Å². The number of halogens is 2. The van der Waals surface area contributed by atoms with Crippen LogP contribution in [0.1, 0.15) is 38.8 Å². The zero-order chi connectivity index (χ0) is 18.1. The first-order valence-corrected chi connectivity index (χ1v) is 7.77. The van der Waals surface area contributed by atoms with Crippen molar-refractivity contribution < 1.29 is 28.2 Å². The molecule has 1 heterocycles. The maximum Gasteiger partial charge on any atom is 0.325 e. The number of aliphatic hydroxyl groups excluding tert-OH is 1. The van der Waals surface area contributed by atoms with Crippen molar-refractivity contribution >= 4 is 11.9 Å². The van der Waals surface area contributed by atoms with Crippen LogP contribution in [0.5, 0.6) is 0 Å². The second-order valence-corrected chi connectivity index (χ2v) is 6.43. The summed E-state index contributed by atoms with van der Waals surface area (Å²) in [7, 11) is 0. The number of esters is 1. The molecule has 24 heavy (non-hydrogen) atoms. The molecule has 1 amide bonds. The number of benzene rings is 1. The first-order chi connectivity index (χ1) is 11.2.